The molecule has 1 aromatic heterocycles. The van der Waals surface area contributed by atoms with Crippen LogP contribution >= 0.6 is 0 Å². The van der Waals surface area contributed by atoms with Gasteiger partial charge in [0.15, 0.2) is 0 Å². The third-order valence-corrected chi connectivity index (χ3v) is 3.93. The van der Waals surface area contributed by atoms with Gasteiger partial charge in [-0.3, -0.25) is 4.94 Å². The van der Waals surface area contributed by atoms with E-state index in [4.69, 9.17) is 10.2 Å². The van der Waals surface area contributed by atoms with Crippen molar-refractivity contribution >= 4 is 22.7 Å². The summed E-state index contributed by atoms with van der Waals surface area (Å²) in [5, 5.41) is 18.3. The first-order valence-corrected chi connectivity index (χ1v) is 7.84. The van der Waals surface area contributed by atoms with E-state index in [1.54, 1.807) is 0 Å². The molecular formula is C16H22FN3O4. The van der Waals surface area contributed by atoms with E-state index in [9.17, 15) is 9.32 Å². The van der Waals surface area contributed by atoms with Crippen molar-refractivity contribution in [3.8, 4) is 0 Å². The average molecular weight is 339 g/mol. The van der Waals surface area contributed by atoms with Crippen LogP contribution in [0.15, 0.2) is 18.2 Å². The first-order valence-electron chi connectivity index (χ1n) is 7.84. The summed E-state index contributed by atoms with van der Waals surface area (Å²) in [7, 11) is 1.88. The number of aryl methyl sites for hydroxylation is 2. The molecule has 0 aliphatic heterocycles. The highest BCUT2D eigenvalue weighted by Gasteiger charge is 2.12. The number of aliphatic hydroxyl groups is 2. The molecule has 132 valence electrons. The molecule has 2 aromatic rings. The van der Waals surface area contributed by atoms with Crippen LogP contribution in [-0.4, -0.2) is 52.0 Å². The van der Waals surface area contributed by atoms with E-state index >= 15 is 0 Å². The summed E-state index contributed by atoms with van der Waals surface area (Å²) in [6, 6.07) is 5.73. The van der Waals surface area contributed by atoms with Crippen LogP contribution < -0.4 is 4.90 Å². The maximum atomic E-state index is 11.7. The van der Waals surface area contributed by atoms with Gasteiger partial charge in [0.2, 0.25) is 0 Å². The summed E-state index contributed by atoms with van der Waals surface area (Å²) in [5.41, 5.74) is 2.62. The highest BCUT2D eigenvalue weighted by Crippen LogP contribution is 2.23. The summed E-state index contributed by atoms with van der Waals surface area (Å²) in [6.45, 7) is 0.864. The molecule has 0 saturated heterocycles. The van der Waals surface area contributed by atoms with Crippen LogP contribution in [0.4, 0.5) is 10.2 Å². The minimum absolute atomic E-state index is 0.000650. The van der Waals surface area contributed by atoms with E-state index in [0.717, 1.165) is 22.5 Å². The van der Waals surface area contributed by atoms with Crippen LogP contribution in [-0.2, 0) is 23.2 Å². The summed E-state index contributed by atoms with van der Waals surface area (Å²) in [5.74, 6) is -0.0793. The van der Waals surface area contributed by atoms with Gasteiger partial charge in [0.25, 0.3) is 0 Å². The van der Waals surface area contributed by atoms with Crippen LogP contribution in [0.1, 0.15) is 18.7 Å². The molecule has 0 unspecified atom stereocenters. The summed E-state index contributed by atoms with van der Waals surface area (Å²) in [4.78, 5) is 20.4. The van der Waals surface area contributed by atoms with Crippen molar-refractivity contribution in [2.45, 2.75) is 19.3 Å². The number of hydrogen-bond acceptors (Lipinski definition) is 6. The number of benzene rings is 1. The van der Waals surface area contributed by atoms with Crippen LogP contribution in [0.2, 0.25) is 0 Å². The number of fused-ring (bicyclic) bond motifs is 1. The fourth-order valence-corrected chi connectivity index (χ4v) is 2.69. The molecule has 1 aromatic carbocycles. The molecule has 2 rings (SSSR count). The molecule has 24 heavy (non-hydrogen) atoms. The van der Waals surface area contributed by atoms with Crippen molar-refractivity contribution in [2.24, 2.45) is 7.05 Å². The maximum Gasteiger partial charge on any atom is 0.348 e. The van der Waals surface area contributed by atoms with Gasteiger partial charge in [0, 0.05) is 43.2 Å². The summed E-state index contributed by atoms with van der Waals surface area (Å²) < 4.78 is 13.6. The predicted octanol–water partition coefficient (Wildman–Crippen LogP) is 1.11. The molecule has 0 atom stereocenters. The molecule has 8 heteroatoms. The van der Waals surface area contributed by atoms with Crippen LogP contribution in [0.25, 0.3) is 11.0 Å². The van der Waals surface area contributed by atoms with Gasteiger partial charge >= 0.3 is 5.97 Å². The van der Waals surface area contributed by atoms with Gasteiger partial charge in [-0.1, -0.05) is 0 Å². The van der Waals surface area contributed by atoms with Crippen molar-refractivity contribution in [3.63, 3.8) is 0 Å². The Kier molecular flexibility index (Phi) is 6.51. The molecule has 0 bridgehead atoms. The lowest BCUT2D eigenvalue weighted by Crippen LogP contribution is -2.29. The van der Waals surface area contributed by atoms with Crippen LogP contribution in [0.5, 0.6) is 0 Å². The second-order valence-corrected chi connectivity index (χ2v) is 5.50. The minimum Gasteiger partial charge on any atom is -0.395 e. The Balaban J connectivity index is 2.19. The van der Waals surface area contributed by atoms with Gasteiger partial charge < -0.3 is 19.7 Å². The van der Waals surface area contributed by atoms with Crippen LogP contribution in [0, 0.1) is 0 Å². The fourth-order valence-electron chi connectivity index (χ4n) is 2.69. The smallest absolute Gasteiger partial charge is 0.348 e. The van der Waals surface area contributed by atoms with Gasteiger partial charge in [0.1, 0.15) is 5.82 Å². The number of imidazole rings is 1. The largest absolute Gasteiger partial charge is 0.395 e. The number of rotatable bonds is 9. The highest BCUT2D eigenvalue weighted by molar-refractivity contribution is 5.80. The molecule has 1 heterocycles. The van der Waals surface area contributed by atoms with E-state index in [0.29, 0.717) is 25.9 Å². The topological polar surface area (TPSA) is 87.8 Å². The van der Waals surface area contributed by atoms with E-state index in [-0.39, 0.29) is 19.6 Å². The Morgan fingerprint density at radius 1 is 1.33 bits per heavy atom. The van der Waals surface area contributed by atoms with Crippen LogP contribution in [0.3, 0.4) is 0 Å². The molecular weight excluding hydrogens is 317 g/mol. The van der Waals surface area contributed by atoms with E-state index in [2.05, 4.69) is 9.93 Å². The summed E-state index contributed by atoms with van der Waals surface area (Å²) in [6.07, 6.45) is 0.992. The predicted molar refractivity (Wildman–Crippen MR) is 87.2 cm³/mol. The van der Waals surface area contributed by atoms with Crippen molar-refractivity contribution in [1.29, 1.82) is 0 Å². The van der Waals surface area contributed by atoms with Gasteiger partial charge in [-0.2, -0.15) is 0 Å². The van der Waals surface area contributed by atoms with Gasteiger partial charge in [-0.05, 0) is 24.6 Å². The van der Waals surface area contributed by atoms with Crippen molar-refractivity contribution in [1.82, 2.24) is 9.55 Å². The number of carbonyl (C=O) groups excluding carboxylic acids is 1. The Morgan fingerprint density at radius 2 is 2.04 bits per heavy atom. The number of hydrogen-bond donors (Lipinski definition) is 2. The lowest BCUT2D eigenvalue weighted by Gasteiger charge is -2.23. The Labute approximate surface area is 139 Å². The first kappa shape index (κ1) is 18.2. The number of halogens is 1. The highest BCUT2D eigenvalue weighted by atomic mass is 19.3. The van der Waals surface area contributed by atoms with Crippen molar-refractivity contribution < 1.29 is 24.5 Å². The molecule has 0 aliphatic rings. The Bertz CT molecular complexity index is 683. The quantitative estimate of drug-likeness (QED) is 0.712. The molecule has 7 nitrogen and oxygen atoms in total. The lowest BCUT2D eigenvalue weighted by molar-refractivity contribution is -0.183. The van der Waals surface area contributed by atoms with E-state index in [1.165, 1.54) is 0 Å². The maximum absolute atomic E-state index is 11.7. The molecule has 0 spiro atoms. The molecule has 0 saturated carbocycles. The first-order chi connectivity index (χ1) is 11.6. The second-order valence-electron chi connectivity index (χ2n) is 5.50. The lowest BCUT2D eigenvalue weighted by atomic mass is 10.2. The molecule has 0 amide bonds. The van der Waals surface area contributed by atoms with E-state index < -0.39 is 5.97 Å². The monoisotopic (exact) mass is 339 g/mol. The zero-order valence-corrected chi connectivity index (χ0v) is 13.6. The standard InChI is InChI=1S/C16H22FN3O4/c1-19-14-11-12(20(7-9-21)8-10-22)5-6-13(14)18-15(19)3-2-4-16(23)24-17/h5-6,11,21-22H,2-4,7-10H2,1H3. The Morgan fingerprint density at radius 3 is 2.67 bits per heavy atom. The van der Waals surface area contributed by atoms with E-state index in [1.807, 2.05) is 34.7 Å². The van der Waals surface area contributed by atoms with Gasteiger partial charge in [-0.25, -0.2) is 9.78 Å². The normalized spacial score (nSPS) is 11.0. The molecule has 0 fully saturated rings. The van der Waals surface area contributed by atoms with Crippen molar-refractivity contribution in [2.75, 3.05) is 31.2 Å². The number of carbonyl (C=O) groups is 1. The van der Waals surface area contributed by atoms with Crippen molar-refractivity contribution in [3.05, 3.63) is 24.0 Å². The second kappa shape index (κ2) is 8.60. The van der Waals surface area contributed by atoms with Gasteiger partial charge in [-0.15, -0.1) is 0 Å². The fraction of sp³-hybridized carbons (Fsp3) is 0.500. The zero-order chi connectivity index (χ0) is 17.5. The number of anilines is 1. The minimum atomic E-state index is -0.875. The number of nitrogens with zero attached hydrogens (tertiary/aromatic N) is 3. The van der Waals surface area contributed by atoms with Gasteiger partial charge in [0.05, 0.1) is 24.2 Å². The third-order valence-electron chi connectivity index (χ3n) is 3.93. The number of aliphatic hydroxyl groups excluding tert-OH is 2. The molecule has 0 aliphatic carbocycles. The summed E-state index contributed by atoms with van der Waals surface area (Å²) >= 11 is 0. The Hall–Kier alpha value is -2.19. The zero-order valence-electron chi connectivity index (χ0n) is 13.6. The SMILES string of the molecule is Cn1c(CCCC(=O)OF)nc2ccc(N(CCO)CCO)cc21. The number of aromatic nitrogens is 2. The molecule has 0 radical (unpaired) electrons. The average Bonchev–Trinajstić information content (AvgIpc) is 2.90. The third kappa shape index (κ3) is 4.21. The molecule has 2 N–H and O–H groups in total.